The standard InChI is InChI=1S/C11H23N3O2S2/c1-8(2)18(15,16)7-13-9-3-5-10(6-4-9)14-11(12)17/h8-10,13H,3-7H2,1-2H3,(H3,12,14,17). The van der Waals surface area contributed by atoms with Crippen LogP contribution in [0.5, 0.6) is 0 Å². The molecule has 0 spiro atoms. The van der Waals surface area contributed by atoms with Gasteiger partial charge in [-0.3, -0.25) is 0 Å². The molecule has 1 aliphatic carbocycles. The summed E-state index contributed by atoms with van der Waals surface area (Å²) in [6.07, 6.45) is 3.84. The molecule has 1 aliphatic rings. The fourth-order valence-corrected chi connectivity index (χ4v) is 3.01. The minimum absolute atomic E-state index is 0.0722. The molecule has 0 saturated heterocycles. The van der Waals surface area contributed by atoms with E-state index in [4.69, 9.17) is 18.0 Å². The number of thiocarbonyl (C=S) groups is 1. The van der Waals surface area contributed by atoms with E-state index in [1.807, 2.05) is 0 Å². The Bertz CT molecular complexity index is 374. The van der Waals surface area contributed by atoms with Gasteiger partial charge in [-0.2, -0.15) is 0 Å². The lowest BCUT2D eigenvalue weighted by Crippen LogP contribution is -2.45. The van der Waals surface area contributed by atoms with Crippen LogP contribution >= 0.6 is 12.2 Å². The third-order valence-electron chi connectivity index (χ3n) is 3.36. The van der Waals surface area contributed by atoms with Crippen molar-refractivity contribution in [3.05, 3.63) is 0 Å². The molecule has 0 amide bonds. The fraction of sp³-hybridized carbons (Fsp3) is 0.909. The molecular weight excluding hydrogens is 270 g/mol. The van der Waals surface area contributed by atoms with Gasteiger partial charge in [-0.1, -0.05) is 0 Å². The third-order valence-corrected chi connectivity index (χ3v) is 5.49. The van der Waals surface area contributed by atoms with Crippen molar-refractivity contribution in [1.82, 2.24) is 10.6 Å². The highest BCUT2D eigenvalue weighted by Gasteiger charge is 2.23. The van der Waals surface area contributed by atoms with E-state index in [1.54, 1.807) is 13.8 Å². The number of nitrogens with two attached hydrogens (primary N) is 1. The molecule has 18 heavy (non-hydrogen) atoms. The van der Waals surface area contributed by atoms with Crippen LogP contribution in [0.3, 0.4) is 0 Å². The summed E-state index contributed by atoms with van der Waals surface area (Å²) in [6.45, 7) is 3.42. The maximum absolute atomic E-state index is 11.7. The van der Waals surface area contributed by atoms with Crippen molar-refractivity contribution >= 4 is 27.2 Å². The minimum atomic E-state index is -3.00. The topological polar surface area (TPSA) is 84.2 Å². The van der Waals surface area contributed by atoms with E-state index in [-0.39, 0.29) is 17.2 Å². The molecule has 0 aromatic heterocycles. The quantitative estimate of drug-likeness (QED) is 0.640. The van der Waals surface area contributed by atoms with E-state index in [0.29, 0.717) is 11.2 Å². The van der Waals surface area contributed by atoms with Gasteiger partial charge in [-0.25, -0.2) is 8.42 Å². The van der Waals surface area contributed by atoms with Gasteiger partial charge in [0, 0.05) is 12.1 Å². The van der Waals surface area contributed by atoms with Gasteiger partial charge in [-0.05, 0) is 51.7 Å². The SMILES string of the molecule is CC(C)S(=O)(=O)CNC1CCC(NC(N)=S)CC1. The zero-order chi connectivity index (χ0) is 13.8. The summed E-state index contributed by atoms with van der Waals surface area (Å²) >= 11 is 4.81. The first-order valence-corrected chi connectivity index (χ1v) is 8.44. The Morgan fingerprint density at radius 2 is 1.78 bits per heavy atom. The first-order chi connectivity index (χ1) is 8.31. The van der Waals surface area contributed by atoms with Gasteiger partial charge in [0.25, 0.3) is 0 Å². The highest BCUT2D eigenvalue weighted by molar-refractivity contribution is 7.91. The maximum atomic E-state index is 11.7. The van der Waals surface area contributed by atoms with Gasteiger partial charge >= 0.3 is 0 Å². The van der Waals surface area contributed by atoms with Crippen molar-refractivity contribution in [2.75, 3.05) is 5.88 Å². The maximum Gasteiger partial charge on any atom is 0.165 e. The third kappa shape index (κ3) is 5.07. The first kappa shape index (κ1) is 15.7. The van der Waals surface area contributed by atoms with Crippen LogP contribution < -0.4 is 16.4 Å². The van der Waals surface area contributed by atoms with Crippen molar-refractivity contribution in [2.45, 2.75) is 56.9 Å². The van der Waals surface area contributed by atoms with Crippen molar-refractivity contribution in [3.63, 3.8) is 0 Å². The molecule has 1 fully saturated rings. The van der Waals surface area contributed by atoms with Crippen molar-refractivity contribution in [3.8, 4) is 0 Å². The Morgan fingerprint density at radius 3 is 2.22 bits per heavy atom. The predicted octanol–water partition coefficient (Wildman–Crippen LogP) is 0.501. The van der Waals surface area contributed by atoms with E-state index in [0.717, 1.165) is 25.7 Å². The van der Waals surface area contributed by atoms with Crippen molar-refractivity contribution < 1.29 is 8.42 Å². The molecule has 0 heterocycles. The number of sulfone groups is 1. The Hall–Kier alpha value is -0.400. The van der Waals surface area contributed by atoms with E-state index in [1.165, 1.54) is 0 Å². The molecule has 0 aromatic rings. The Morgan fingerprint density at radius 1 is 1.28 bits per heavy atom. The van der Waals surface area contributed by atoms with E-state index >= 15 is 0 Å². The Kier molecular flexibility index (Phi) is 5.81. The minimum Gasteiger partial charge on any atom is -0.376 e. The van der Waals surface area contributed by atoms with Crippen LogP contribution in [0.15, 0.2) is 0 Å². The van der Waals surface area contributed by atoms with Crippen molar-refractivity contribution in [2.24, 2.45) is 5.73 Å². The van der Waals surface area contributed by atoms with Gasteiger partial charge in [0.1, 0.15) is 0 Å². The molecule has 0 aromatic carbocycles. The van der Waals surface area contributed by atoms with Gasteiger partial charge in [-0.15, -0.1) is 0 Å². The first-order valence-electron chi connectivity index (χ1n) is 6.32. The average molecular weight is 293 g/mol. The van der Waals surface area contributed by atoms with Crippen LogP contribution in [0.4, 0.5) is 0 Å². The summed E-state index contributed by atoms with van der Waals surface area (Å²) in [4.78, 5) is 0. The van der Waals surface area contributed by atoms with Gasteiger partial charge in [0.05, 0.1) is 11.1 Å². The van der Waals surface area contributed by atoms with Gasteiger partial charge in [0.15, 0.2) is 14.9 Å². The zero-order valence-electron chi connectivity index (χ0n) is 11.0. The summed E-state index contributed by atoms with van der Waals surface area (Å²) in [6, 6.07) is 0.616. The molecule has 5 nitrogen and oxygen atoms in total. The lowest BCUT2D eigenvalue weighted by Gasteiger charge is -2.30. The van der Waals surface area contributed by atoms with Crippen molar-refractivity contribution in [1.29, 1.82) is 0 Å². The number of rotatable bonds is 5. The van der Waals surface area contributed by atoms with Gasteiger partial charge < -0.3 is 16.4 Å². The van der Waals surface area contributed by atoms with E-state index in [9.17, 15) is 8.42 Å². The molecule has 0 bridgehead atoms. The van der Waals surface area contributed by atoms with E-state index < -0.39 is 9.84 Å². The summed E-state index contributed by atoms with van der Waals surface area (Å²) in [5.41, 5.74) is 5.43. The van der Waals surface area contributed by atoms with Gasteiger partial charge in [0.2, 0.25) is 0 Å². The lowest BCUT2D eigenvalue weighted by molar-refractivity contribution is 0.338. The molecule has 1 rings (SSSR count). The Balaban J connectivity index is 2.30. The van der Waals surface area contributed by atoms with Crippen LogP contribution in [0.2, 0.25) is 0 Å². The number of hydrogen-bond acceptors (Lipinski definition) is 4. The largest absolute Gasteiger partial charge is 0.376 e. The smallest absolute Gasteiger partial charge is 0.165 e. The highest BCUT2D eigenvalue weighted by Crippen LogP contribution is 2.18. The zero-order valence-corrected chi connectivity index (χ0v) is 12.6. The number of nitrogens with one attached hydrogen (secondary N) is 2. The fourth-order valence-electron chi connectivity index (χ4n) is 2.04. The van der Waals surface area contributed by atoms with E-state index in [2.05, 4.69) is 10.6 Å². The summed E-state index contributed by atoms with van der Waals surface area (Å²) < 4.78 is 23.3. The molecular formula is C11H23N3O2S2. The summed E-state index contributed by atoms with van der Waals surface area (Å²) in [7, 11) is -3.00. The molecule has 0 atom stereocenters. The van der Waals surface area contributed by atoms with Crippen LogP contribution in [0.25, 0.3) is 0 Å². The molecule has 0 radical (unpaired) electrons. The molecule has 1 saturated carbocycles. The van der Waals surface area contributed by atoms with Crippen LogP contribution in [-0.2, 0) is 9.84 Å². The lowest BCUT2D eigenvalue weighted by atomic mass is 9.91. The molecule has 4 N–H and O–H groups in total. The highest BCUT2D eigenvalue weighted by atomic mass is 32.2. The monoisotopic (exact) mass is 293 g/mol. The van der Waals surface area contributed by atoms with Crippen LogP contribution in [0.1, 0.15) is 39.5 Å². The summed E-state index contributed by atoms with van der Waals surface area (Å²) in [5.74, 6) is 0.0722. The Labute approximate surface area is 115 Å². The molecule has 7 heteroatoms. The molecule has 0 unspecified atom stereocenters. The second kappa shape index (κ2) is 6.68. The molecule has 0 aliphatic heterocycles. The predicted molar refractivity (Wildman–Crippen MR) is 78.0 cm³/mol. The normalized spacial score (nSPS) is 25.1. The van der Waals surface area contributed by atoms with Crippen LogP contribution in [-0.4, -0.2) is 36.7 Å². The second-order valence-electron chi connectivity index (χ2n) is 5.12. The summed E-state index contributed by atoms with van der Waals surface area (Å²) in [5, 5.41) is 6.21. The number of hydrogen-bond donors (Lipinski definition) is 3. The average Bonchev–Trinajstić information content (AvgIpc) is 2.27. The second-order valence-corrected chi connectivity index (χ2v) is 8.11. The van der Waals surface area contributed by atoms with Crippen LogP contribution in [0, 0.1) is 0 Å². The molecule has 106 valence electrons.